The molecule has 2 aromatic heterocycles. The van der Waals surface area contributed by atoms with Gasteiger partial charge in [-0.15, -0.1) is 0 Å². The zero-order chi connectivity index (χ0) is 11.7. The molecule has 1 unspecified atom stereocenters. The van der Waals surface area contributed by atoms with Gasteiger partial charge < -0.3 is 14.5 Å². The fraction of sp³-hybridized carbons (Fsp3) is 0.500. The van der Waals surface area contributed by atoms with Crippen molar-refractivity contribution in [3.8, 4) is 0 Å². The summed E-state index contributed by atoms with van der Waals surface area (Å²) < 4.78 is 4.39. The van der Waals surface area contributed by atoms with E-state index >= 15 is 0 Å². The van der Waals surface area contributed by atoms with E-state index in [2.05, 4.69) is 31.3 Å². The summed E-state index contributed by atoms with van der Waals surface area (Å²) in [7, 11) is 0. The van der Waals surface area contributed by atoms with Gasteiger partial charge in [0.25, 0.3) is 0 Å². The van der Waals surface area contributed by atoms with E-state index in [1.807, 2.05) is 31.2 Å². The molecule has 1 fully saturated rings. The van der Waals surface area contributed by atoms with Crippen LogP contribution in [0.15, 0.2) is 31.2 Å². The van der Waals surface area contributed by atoms with Crippen molar-refractivity contribution in [2.75, 3.05) is 13.1 Å². The molecule has 3 rings (SSSR count). The molecular formula is C12H17N5. The summed E-state index contributed by atoms with van der Waals surface area (Å²) in [6, 6.07) is 0.405. The fourth-order valence-electron chi connectivity index (χ4n) is 2.28. The van der Waals surface area contributed by atoms with Gasteiger partial charge in [-0.1, -0.05) is 0 Å². The molecule has 0 aromatic carbocycles. The summed E-state index contributed by atoms with van der Waals surface area (Å²) in [4.78, 5) is 8.36. The minimum absolute atomic E-state index is 0.405. The predicted molar refractivity (Wildman–Crippen MR) is 64.8 cm³/mol. The summed E-state index contributed by atoms with van der Waals surface area (Å²) in [6.45, 7) is 5.30. The Morgan fingerprint density at radius 2 is 2.29 bits per heavy atom. The lowest BCUT2D eigenvalue weighted by Gasteiger charge is -2.29. The van der Waals surface area contributed by atoms with E-state index < -0.39 is 0 Å². The Balaban J connectivity index is 1.76. The van der Waals surface area contributed by atoms with Gasteiger partial charge in [0.05, 0.1) is 12.7 Å². The van der Waals surface area contributed by atoms with Gasteiger partial charge in [-0.25, -0.2) is 9.97 Å². The topological polar surface area (TPSA) is 47.7 Å². The van der Waals surface area contributed by atoms with E-state index in [1.54, 1.807) is 0 Å². The first-order valence-corrected chi connectivity index (χ1v) is 6.03. The lowest BCUT2D eigenvalue weighted by atomic mass is 9.99. The standard InChI is InChI=1S/C12H17N5/c1-10(7-16-3-2-13-8-16)17-9-15-6-12(17)11-4-14-5-11/h2-3,6,8-11,14H,4-5,7H2,1H3. The van der Waals surface area contributed by atoms with Crippen molar-refractivity contribution in [3.63, 3.8) is 0 Å². The van der Waals surface area contributed by atoms with Crippen LogP contribution >= 0.6 is 0 Å². The number of hydrogen-bond acceptors (Lipinski definition) is 3. The van der Waals surface area contributed by atoms with Gasteiger partial charge >= 0.3 is 0 Å². The lowest BCUT2D eigenvalue weighted by Crippen LogP contribution is -2.41. The van der Waals surface area contributed by atoms with Crippen LogP contribution in [0.3, 0.4) is 0 Å². The average Bonchev–Trinajstić information content (AvgIpc) is 2.85. The SMILES string of the molecule is CC(Cn1ccnc1)n1cncc1C1CNC1. The van der Waals surface area contributed by atoms with Crippen molar-refractivity contribution in [1.29, 1.82) is 0 Å². The molecule has 17 heavy (non-hydrogen) atoms. The maximum Gasteiger partial charge on any atom is 0.0951 e. The highest BCUT2D eigenvalue weighted by molar-refractivity contribution is 5.12. The maximum atomic E-state index is 4.29. The van der Waals surface area contributed by atoms with E-state index in [-0.39, 0.29) is 0 Å². The van der Waals surface area contributed by atoms with E-state index in [0.29, 0.717) is 12.0 Å². The van der Waals surface area contributed by atoms with Gasteiger partial charge in [0.15, 0.2) is 0 Å². The van der Waals surface area contributed by atoms with Crippen molar-refractivity contribution in [1.82, 2.24) is 24.4 Å². The molecule has 1 aliphatic heterocycles. The zero-order valence-electron chi connectivity index (χ0n) is 9.95. The molecule has 1 aliphatic rings. The Labute approximate surface area is 100 Å². The average molecular weight is 231 g/mol. The van der Waals surface area contributed by atoms with Crippen molar-refractivity contribution in [2.24, 2.45) is 0 Å². The summed E-state index contributed by atoms with van der Waals surface area (Å²) in [5.41, 5.74) is 1.34. The monoisotopic (exact) mass is 231 g/mol. The van der Waals surface area contributed by atoms with Crippen LogP contribution in [0.5, 0.6) is 0 Å². The number of rotatable bonds is 4. The van der Waals surface area contributed by atoms with Crippen molar-refractivity contribution < 1.29 is 0 Å². The molecule has 0 radical (unpaired) electrons. The predicted octanol–water partition coefficient (Wildman–Crippen LogP) is 1.03. The molecule has 1 saturated heterocycles. The van der Waals surface area contributed by atoms with Gasteiger partial charge in [0.1, 0.15) is 0 Å². The normalized spacial score (nSPS) is 17.9. The molecule has 5 heteroatoms. The minimum atomic E-state index is 0.405. The third kappa shape index (κ3) is 1.98. The van der Waals surface area contributed by atoms with Gasteiger partial charge in [0, 0.05) is 55.9 Å². The van der Waals surface area contributed by atoms with E-state index in [9.17, 15) is 0 Å². The molecule has 0 bridgehead atoms. The zero-order valence-corrected chi connectivity index (χ0v) is 9.95. The van der Waals surface area contributed by atoms with E-state index in [1.165, 1.54) is 5.69 Å². The number of hydrogen-bond donors (Lipinski definition) is 1. The van der Waals surface area contributed by atoms with Crippen LogP contribution in [0, 0.1) is 0 Å². The van der Waals surface area contributed by atoms with Crippen molar-refractivity contribution in [2.45, 2.75) is 25.4 Å². The van der Waals surface area contributed by atoms with Crippen LogP contribution in [0.25, 0.3) is 0 Å². The van der Waals surface area contributed by atoms with Crippen LogP contribution < -0.4 is 5.32 Å². The van der Waals surface area contributed by atoms with Crippen molar-refractivity contribution >= 4 is 0 Å². The summed E-state index contributed by atoms with van der Waals surface area (Å²) in [6.07, 6.45) is 9.61. The summed E-state index contributed by atoms with van der Waals surface area (Å²) in [5.74, 6) is 0.628. The highest BCUT2D eigenvalue weighted by Crippen LogP contribution is 2.23. The summed E-state index contributed by atoms with van der Waals surface area (Å²) in [5, 5.41) is 3.30. The van der Waals surface area contributed by atoms with Gasteiger partial charge in [0.2, 0.25) is 0 Å². The summed E-state index contributed by atoms with van der Waals surface area (Å²) >= 11 is 0. The highest BCUT2D eigenvalue weighted by atomic mass is 15.1. The maximum absolute atomic E-state index is 4.29. The molecule has 2 aromatic rings. The second-order valence-corrected chi connectivity index (χ2v) is 4.69. The molecule has 3 heterocycles. The Morgan fingerprint density at radius 1 is 1.41 bits per heavy atom. The molecule has 0 saturated carbocycles. The van der Waals surface area contributed by atoms with E-state index in [4.69, 9.17) is 0 Å². The lowest BCUT2D eigenvalue weighted by molar-refractivity contribution is 0.390. The smallest absolute Gasteiger partial charge is 0.0951 e. The van der Waals surface area contributed by atoms with Crippen LogP contribution in [0.4, 0.5) is 0 Å². The van der Waals surface area contributed by atoms with Crippen LogP contribution in [0.2, 0.25) is 0 Å². The Morgan fingerprint density at radius 3 is 2.94 bits per heavy atom. The third-order valence-electron chi connectivity index (χ3n) is 3.40. The first-order chi connectivity index (χ1) is 8.34. The Bertz CT molecular complexity index is 469. The minimum Gasteiger partial charge on any atom is -0.335 e. The number of imidazole rings is 2. The molecular weight excluding hydrogens is 214 g/mol. The number of nitrogens with zero attached hydrogens (tertiary/aromatic N) is 4. The highest BCUT2D eigenvalue weighted by Gasteiger charge is 2.23. The molecule has 5 nitrogen and oxygen atoms in total. The molecule has 0 aliphatic carbocycles. The molecule has 0 spiro atoms. The quantitative estimate of drug-likeness (QED) is 0.855. The van der Waals surface area contributed by atoms with Gasteiger partial charge in [-0.3, -0.25) is 0 Å². The molecule has 1 atom stereocenters. The second kappa shape index (κ2) is 4.33. The van der Waals surface area contributed by atoms with Crippen LogP contribution in [-0.4, -0.2) is 32.2 Å². The largest absolute Gasteiger partial charge is 0.335 e. The number of nitrogens with one attached hydrogen (secondary N) is 1. The fourth-order valence-corrected chi connectivity index (χ4v) is 2.28. The van der Waals surface area contributed by atoms with Crippen molar-refractivity contribution in [3.05, 3.63) is 36.9 Å². The molecule has 90 valence electrons. The third-order valence-corrected chi connectivity index (χ3v) is 3.40. The second-order valence-electron chi connectivity index (χ2n) is 4.69. The first kappa shape index (κ1) is 10.5. The molecule has 0 amide bonds. The van der Waals surface area contributed by atoms with Gasteiger partial charge in [-0.05, 0) is 6.92 Å². The molecule has 1 N–H and O–H groups in total. The van der Waals surface area contributed by atoms with Gasteiger partial charge in [-0.2, -0.15) is 0 Å². The van der Waals surface area contributed by atoms with Crippen LogP contribution in [0.1, 0.15) is 24.6 Å². The van der Waals surface area contributed by atoms with E-state index in [0.717, 1.165) is 19.6 Å². The number of aromatic nitrogens is 4. The Kier molecular flexibility index (Phi) is 2.68. The Hall–Kier alpha value is -1.62. The van der Waals surface area contributed by atoms with Crippen LogP contribution in [-0.2, 0) is 6.54 Å². The first-order valence-electron chi connectivity index (χ1n) is 6.03.